The topological polar surface area (TPSA) is 114 Å². The van der Waals surface area contributed by atoms with Gasteiger partial charge in [0, 0.05) is 16.0 Å². The molecule has 1 unspecified atom stereocenters. The lowest BCUT2D eigenvalue weighted by Crippen LogP contribution is -2.32. The second kappa shape index (κ2) is 12.3. The third kappa shape index (κ3) is 6.10. The summed E-state index contributed by atoms with van der Waals surface area (Å²) in [6.45, 7) is 0.384. The standard InChI is InChI=1S/C34H30ClN3O5/c35-25-15-13-24(14-16-25)31-27-7-3-4-8-28(27)33(40)38(37-31)20-21-9-11-23(12-10-21)30(22-5-1-2-6-22)32(39)36-19-26-17-18-29(43-26)34(41)42/h3-4,7-18,22,30H,1-2,5-6,19-20H2,(H,36,39)(H,41,42). The molecule has 0 bridgehead atoms. The lowest BCUT2D eigenvalue weighted by atomic mass is 9.83. The first kappa shape index (κ1) is 28.4. The van der Waals surface area contributed by atoms with Crippen LogP contribution in [-0.2, 0) is 17.9 Å². The number of amides is 1. The van der Waals surface area contributed by atoms with E-state index in [-0.39, 0.29) is 42.2 Å². The maximum Gasteiger partial charge on any atom is 0.371 e. The van der Waals surface area contributed by atoms with Crippen molar-refractivity contribution in [2.75, 3.05) is 0 Å². The van der Waals surface area contributed by atoms with Crippen LogP contribution in [0.3, 0.4) is 0 Å². The number of rotatable bonds is 9. The summed E-state index contributed by atoms with van der Waals surface area (Å²) >= 11 is 6.11. The number of nitrogens with one attached hydrogen (secondary N) is 1. The van der Waals surface area contributed by atoms with E-state index in [1.165, 1.54) is 10.7 Å². The zero-order valence-corrected chi connectivity index (χ0v) is 24.1. The highest BCUT2D eigenvalue weighted by Gasteiger charge is 2.32. The Bertz CT molecular complexity index is 1840. The average Bonchev–Trinajstić information content (AvgIpc) is 3.72. The monoisotopic (exact) mass is 595 g/mol. The molecule has 6 rings (SSSR count). The molecule has 2 N–H and O–H groups in total. The number of hydrogen-bond acceptors (Lipinski definition) is 5. The molecule has 8 nitrogen and oxygen atoms in total. The average molecular weight is 596 g/mol. The number of fused-ring (bicyclic) bond motifs is 1. The second-order valence-electron chi connectivity index (χ2n) is 10.9. The summed E-state index contributed by atoms with van der Waals surface area (Å²) in [7, 11) is 0. The molecule has 218 valence electrons. The smallest absolute Gasteiger partial charge is 0.371 e. The number of carboxylic acids is 1. The van der Waals surface area contributed by atoms with Crippen LogP contribution in [0.1, 0.15) is 59.0 Å². The van der Waals surface area contributed by atoms with Crippen molar-refractivity contribution < 1.29 is 19.1 Å². The highest BCUT2D eigenvalue weighted by atomic mass is 35.5. The van der Waals surface area contributed by atoms with Gasteiger partial charge < -0.3 is 14.8 Å². The van der Waals surface area contributed by atoms with Crippen molar-refractivity contribution in [3.63, 3.8) is 0 Å². The summed E-state index contributed by atoms with van der Waals surface area (Å²) in [6, 6.07) is 25.6. The first-order valence-corrected chi connectivity index (χ1v) is 14.7. The molecule has 0 saturated heterocycles. The molecule has 1 saturated carbocycles. The van der Waals surface area contributed by atoms with Gasteiger partial charge in [0.15, 0.2) is 0 Å². The summed E-state index contributed by atoms with van der Waals surface area (Å²) in [5, 5.41) is 18.8. The van der Waals surface area contributed by atoms with Crippen molar-refractivity contribution in [3.8, 4) is 11.3 Å². The number of carbonyl (C=O) groups excluding carboxylic acids is 1. The zero-order chi connectivity index (χ0) is 29.9. The van der Waals surface area contributed by atoms with Gasteiger partial charge in [0.25, 0.3) is 5.56 Å². The van der Waals surface area contributed by atoms with Gasteiger partial charge >= 0.3 is 5.97 Å². The maximum atomic E-state index is 13.5. The van der Waals surface area contributed by atoms with E-state index in [2.05, 4.69) is 5.32 Å². The van der Waals surface area contributed by atoms with Crippen molar-refractivity contribution in [2.45, 2.75) is 44.7 Å². The molecule has 0 spiro atoms. The van der Waals surface area contributed by atoms with Gasteiger partial charge in [0.2, 0.25) is 11.7 Å². The molecule has 2 heterocycles. The summed E-state index contributed by atoms with van der Waals surface area (Å²) in [5.41, 5.74) is 3.18. The highest BCUT2D eigenvalue weighted by molar-refractivity contribution is 6.30. The third-order valence-corrected chi connectivity index (χ3v) is 8.37. The van der Waals surface area contributed by atoms with Gasteiger partial charge in [-0.2, -0.15) is 5.10 Å². The van der Waals surface area contributed by atoms with Crippen molar-refractivity contribution in [2.24, 2.45) is 5.92 Å². The van der Waals surface area contributed by atoms with Crippen molar-refractivity contribution in [1.82, 2.24) is 15.1 Å². The summed E-state index contributed by atoms with van der Waals surface area (Å²) < 4.78 is 6.79. The Labute approximate surface area is 252 Å². The Morgan fingerprint density at radius 2 is 1.65 bits per heavy atom. The first-order valence-electron chi connectivity index (χ1n) is 14.3. The van der Waals surface area contributed by atoms with Crippen LogP contribution in [0.25, 0.3) is 22.0 Å². The molecule has 1 fully saturated rings. The number of halogens is 1. The van der Waals surface area contributed by atoms with Crippen LogP contribution < -0.4 is 10.9 Å². The normalized spacial score (nSPS) is 14.2. The molecular weight excluding hydrogens is 566 g/mol. The molecule has 1 atom stereocenters. The number of aromatic carboxylic acids is 1. The van der Waals surface area contributed by atoms with Gasteiger partial charge in [0.1, 0.15) is 5.76 Å². The van der Waals surface area contributed by atoms with Crippen LogP contribution >= 0.6 is 11.6 Å². The third-order valence-electron chi connectivity index (χ3n) is 8.12. The minimum absolute atomic E-state index is 0.111. The lowest BCUT2D eigenvalue weighted by molar-refractivity contribution is -0.124. The number of nitrogens with zero attached hydrogens (tertiary/aromatic N) is 2. The number of benzene rings is 3. The Morgan fingerprint density at radius 3 is 2.33 bits per heavy atom. The largest absolute Gasteiger partial charge is 0.475 e. The number of furan rings is 1. The molecular formula is C34H30ClN3O5. The van der Waals surface area contributed by atoms with Crippen LogP contribution in [0.4, 0.5) is 0 Å². The van der Waals surface area contributed by atoms with E-state index in [1.807, 2.05) is 60.7 Å². The van der Waals surface area contributed by atoms with Crippen LogP contribution in [0, 0.1) is 5.92 Å². The van der Waals surface area contributed by atoms with Crippen LogP contribution in [0.5, 0.6) is 0 Å². The van der Waals surface area contributed by atoms with Crippen LogP contribution in [0.15, 0.2) is 94.1 Å². The molecule has 9 heteroatoms. The molecule has 2 aromatic heterocycles. The molecule has 1 amide bonds. The van der Waals surface area contributed by atoms with Crippen molar-refractivity contribution >= 4 is 34.2 Å². The van der Waals surface area contributed by atoms with E-state index in [0.717, 1.165) is 47.8 Å². The van der Waals surface area contributed by atoms with Gasteiger partial charge in [-0.05, 0) is 60.2 Å². The van der Waals surface area contributed by atoms with E-state index < -0.39 is 5.97 Å². The second-order valence-corrected chi connectivity index (χ2v) is 11.4. The van der Waals surface area contributed by atoms with E-state index in [9.17, 15) is 14.4 Å². The highest BCUT2D eigenvalue weighted by Crippen LogP contribution is 2.38. The van der Waals surface area contributed by atoms with Gasteiger partial charge in [0.05, 0.1) is 30.1 Å². The van der Waals surface area contributed by atoms with E-state index in [0.29, 0.717) is 21.9 Å². The van der Waals surface area contributed by atoms with Crippen molar-refractivity contribution in [1.29, 1.82) is 0 Å². The number of carbonyl (C=O) groups is 2. The van der Waals surface area contributed by atoms with E-state index >= 15 is 0 Å². The van der Waals surface area contributed by atoms with Gasteiger partial charge in [-0.25, -0.2) is 9.48 Å². The Kier molecular flexibility index (Phi) is 8.11. The zero-order valence-electron chi connectivity index (χ0n) is 23.3. The minimum Gasteiger partial charge on any atom is -0.475 e. The molecule has 0 aliphatic heterocycles. The number of carboxylic acid groups (broad SMARTS) is 1. The summed E-state index contributed by atoms with van der Waals surface area (Å²) in [5.74, 6) is -1.17. The molecule has 0 radical (unpaired) electrons. The minimum atomic E-state index is -1.15. The van der Waals surface area contributed by atoms with Gasteiger partial charge in [-0.3, -0.25) is 9.59 Å². The maximum absolute atomic E-state index is 13.5. The fraction of sp³-hybridized carbons (Fsp3) is 0.235. The van der Waals surface area contributed by atoms with E-state index in [1.54, 1.807) is 18.2 Å². The number of hydrogen-bond donors (Lipinski definition) is 2. The van der Waals surface area contributed by atoms with Crippen molar-refractivity contribution in [3.05, 3.63) is 123 Å². The fourth-order valence-electron chi connectivity index (χ4n) is 5.97. The molecule has 43 heavy (non-hydrogen) atoms. The van der Waals surface area contributed by atoms with Crippen LogP contribution in [-0.4, -0.2) is 26.8 Å². The first-order chi connectivity index (χ1) is 20.9. The molecule has 5 aromatic rings. The predicted molar refractivity (Wildman–Crippen MR) is 164 cm³/mol. The Hall–Kier alpha value is -4.69. The Balaban J connectivity index is 1.25. The van der Waals surface area contributed by atoms with E-state index in [4.69, 9.17) is 26.2 Å². The molecule has 1 aliphatic rings. The fourth-order valence-corrected chi connectivity index (χ4v) is 6.09. The quantitative estimate of drug-likeness (QED) is 0.197. The van der Waals surface area contributed by atoms with Gasteiger partial charge in [-0.15, -0.1) is 0 Å². The predicted octanol–water partition coefficient (Wildman–Crippen LogP) is 6.65. The van der Waals surface area contributed by atoms with Crippen LogP contribution in [0.2, 0.25) is 5.02 Å². The Morgan fingerprint density at radius 1 is 0.953 bits per heavy atom. The molecule has 3 aromatic carbocycles. The number of aromatic nitrogens is 2. The lowest BCUT2D eigenvalue weighted by Gasteiger charge is -2.23. The van der Waals surface area contributed by atoms with Gasteiger partial charge in [-0.1, -0.05) is 79.0 Å². The molecule has 1 aliphatic carbocycles. The summed E-state index contributed by atoms with van der Waals surface area (Å²) in [4.78, 5) is 38.0. The summed E-state index contributed by atoms with van der Waals surface area (Å²) in [6.07, 6.45) is 4.10. The SMILES string of the molecule is O=C(O)c1ccc(CNC(=O)C(c2ccc(Cn3nc(-c4ccc(Cl)cc4)c4ccccc4c3=O)cc2)C2CCCC2)o1.